The zero-order valence-corrected chi connectivity index (χ0v) is 11.4. The van der Waals surface area contributed by atoms with Gasteiger partial charge in [0.15, 0.2) is 0 Å². The molecule has 21 heavy (non-hydrogen) atoms. The molecule has 1 aromatic heterocycles. The smallest absolute Gasteiger partial charge is 0.244 e. The predicted octanol–water partition coefficient (Wildman–Crippen LogP) is 2.17. The number of carbonyl (C=O) groups excluding carboxylic acids is 1. The summed E-state index contributed by atoms with van der Waals surface area (Å²) >= 11 is 0. The monoisotopic (exact) mass is 281 g/mol. The first-order valence-corrected chi connectivity index (χ1v) is 6.66. The summed E-state index contributed by atoms with van der Waals surface area (Å²) < 4.78 is 1.80. The van der Waals surface area contributed by atoms with Crippen molar-refractivity contribution in [1.82, 2.24) is 9.55 Å². The Bertz CT molecular complexity index is 780. The van der Waals surface area contributed by atoms with Gasteiger partial charge in [0.05, 0.1) is 24.0 Å². The largest absolute Gasteiger partial charge is 0.392 e. The van der Waals surface area contributed by atoms with E-state index in [2.05, 4.69) is 10.3 Å². The van der Waals surface area contributed by atoms with Gasteiger partial charge in [-0.1, -0.05) is 30.3 Å². The van der Waals surface area contributed by atoms with Crippen LogP contribution in [0.3, 0.4) is 0 Å². The molecular formula is C16H15N3O2. The van der Waals surface area contributed by atoms with Crippen LogP contribution in [0.1, 0.15) is 5.56 Å². The number of aliphatic hydroxyl groups excluding tert-OH is 1. The summed E-state index contributed by atoms with van der Waals surface area (Å²) in [5, 5.41) is 12.1. The van der Waals surface area contributed by atoms with Gasteiger partial charge in [0.2, 0.25) is 5.91 Å². The Morgan fingerprint density at radius 3 is 2.76 bits per heavy atom. The van der Waals surface area contributed by atoms with Crippen molar-refractivity contribution in [3.63, 3.8) is 0 Å². The highest BCUT2D eigenvalue weighted by molar-refractivity contribution is 5.92. The van der Waals surface area contributed by atoms with Crippen molar-refractivity contribution >= 4 is 22.6 Å². The minimum atomic E-state index is -0.154. The van der Waals surface area contributed by atoms with Gasteiger partial charge in [0.25, 0.3) is 0 Å². The highest BCUT2D eigenvalue weighted by Gasteiger charge is 2.09. The van der Waals surface area contributed by atoms with E-state index in [1.807, 2.05) is 36.4 Å². The molecule has 0 spiro atoms. The Kier molecular flexibility index (Phi) is 3.66. The first-order valence-electron chi connectivity index (χ1n) is 6.66. The van der Waals surface area contributed by atoms with Crippen LogP contribution in [0.25, 0.3) is 11.0 Å². The molecule has 0 fully saturated rings. The molecule has 106 valence electrons. The second kappa shape index (κ2) is 5.76. The molecule has 0 saturated heterocycles. The molecule has 0 aliphatic heterocycles. The third kappa shape index (κ3) is 2.78. The molecule has 0 atom stereocenters. The molecule has 0 aliphatic rings. The highest BCUT2D eigenvalue weighted by atomic mass is 16.3. The van der Waals surface area contributed by atoms with Crippen molar-refractivity contribution in [3.8, 4) is 0 Å². The van der Waals surface area contributed by atoms with Crippen LogP contribution in [0.4, 0.5) is 5.69 Å². The fourth-order valence-electron chi connectivity index (χ4n) is 2.26. The van der Waals surface area contributed by atoms with Crippen molar-refractivity contribution in [2.45, 2.75) is 13.2 Å². The van der Waals surface area contributed by atoms with Crippen LogP contribution in [-0.2, 0) is 17.9 Å². The van der Waals surface area contributed by atoms with Crippen LogP contribution in [0.15, 0.2) is 54.9 Å². The number of hydrogen-bond acceptors (Lipinski definition) is 3. The molecule has 0 aliphatic carbocycles. The standard InChI is InChI=1S/C16H15N3O2/c20-10-12-5-1-2-6-13(12)18-16(21)9-19-11-17-14-7-3-4-8-15(14)19/h1-8,11,20H,9-10H2,(H,18,21). The van der Waals surface area contributed by atoms with Crippen molar-refractivity contribution in [2.24, 2.45) is 0 Å². The summed E-state index contributed by atoms with van der Waals surface area (Å²) in [7, 11) is 0. The lowest BCUT2D eigenvalue weighted by atomic mass is 10.2. The fourth-order valence-corrected chi connectivity index (χ4v) is 2.26. The van der Waals surface area contributed by atoms with Crippen LogP contribution in [0, 0.1) is 0 Å². The molecule has 5 heteroatoms. The number of rotatable bonds is 4. The number of benzene rings is 2. The molecule has 0 radical (unpaired) electrons. The van der Waals surface area contributed by atoms with Gasteiger partial charge in [-0.05, 0) is 18.2 Å². The number of carbonyl (C=O) groups is 1. The first-order chi connectivity index (χ1) is 10.3. The number of amides is 1. The van der Waals surface area contributed by atoms with E-state index in [0.29, 0.717) is 11.3 Å². The minimum absolute atomic E-state index is 0.107. The average molecular weight is 281 g/mol. The number of aromatic nitrogens is 2. The topological polar surface area (TPSA) is 67.2 Å². The third-order valence-electron chi connectivity index (χ3n) is 3.30. The number of aliphatic hydroxyl groups is 1. The number of fused-ring (bicyclic) bond motifs is 1. The van der Waals surface area contributed by atoms with Gasteiger partial charge in [-0.2, -0.15) is 0 Å². The predicted molar refractivity (Wildman–Crippen MR) is 80.7 cm³/mol. The van der Waals surface area contributed by atoms with Gasteiger partial charge in [-0.3, -0.25) is 4.79 Å². The minimum Gasteiger partial charge on any atom is -0.392 e. The van der Waals surface area contributed by atoms with Crippen LogP contribution in [0.5, 0.6) is 0 Å². The number of nitrogens with one attached hydrogen (secondary N) is 1. The maximum Gasteiger partial charge on any atom is 0.244 e. The molecule has 0 bridgehead atoms. The van der Waals surface area contributed by atoms with Crippen molar-refractivity contribution < 1.29 is 9.90 Å². The SMILES string of the molecule is O=C(Cn1cnc2ccccc21)Nc1ccccc1CO. The Balaban J connectivity index is 1.77. The normalized spacial score (nSPS) is 10.7. The van der Waals surface area contributed by atoms with E-state index >= 15 is 0 Å². The van der Waals surface area contributed by atoms with E-state index in [4.69, 9.17) is 0 Å². The molecule has 0 unspecified atom stereocenters. The van der Waals surface area contributed by atoms with Crippen LogP contribution < -0.4 is 5.32 Å². The van der Waals surface area contributed by atoms with E-state index in [1.165, 1.54) is 0 Å². The second-order valence-electron chi connectivity index (χ2n) is 4.72. The number of imidazole rings is 1. The van der Waals surface area contributed by atoms with Crippen LogP contribution >= 0.6 is 0 Å². The van der Waals surface area contributed by atoms with E-state index < -0.39 is 0 Å². The fraction of sp³-hybridized carbons (Fsp3) is 0.125. The third-order valence-corrected chi connectivity index (χ3v) is 3.30. The maximum atomic E-state index is 12.2. The zero-order valence-electron chi connectivity index (χ0n) is 11.4. The van der Waals surface area contributed by atoms with Gasteiger partial charge in [-0.15, -0.1) is 0 Å². The summed E-state index contributed by atoms with van der Waals surface area (Å²) in [4.78, 5) is 16.4. The average Bonchev–Trinajstić information content (AvgIpc) is 2.91. The molecule has 3 aromatic rings. The van der Waals surface area contributed by atoms with Gasteiger partial charge >= 0.3 is 0 Å². The summed E-state index contributed by atoms with van der Waals surface area (Å²) in [5.41, 5.74) is 3.11. The second-order valence-corrected chi connectivity index (χ2v) is 4.72. The maximum absolute atomic E-state index is 12.2. The molecule has 5 nitrogen and oxygen atoms in total. The van der Waals surface area contributed by atoms with Gasteiger partial charge < -0.3 is 15.0 Å². The van der Waals surface area contributed by atoms with Gasteiger partial charge in [-0.25, -0.2) is 4.98 Å². The quantitative estimate of drug-likeness (QED) is 0.770. The molecular weight excluding hydrogens is 266 g/mol. The Labute approximate surface area is 121 Å². The summed E-state index contributed by atoms with van der Waals surface area (Å²) in [6, 6.07) is 14.9. The van der Waals surface area contributed by atoms with Crippen molar-refractivity contribution in [1.29, 1.82) is 0 Å². The van der Waals surface area contributed by atoms with Gasteiger partial charge in [0.1, 0.15) is 6.54 Å². The van der Waals surface area contributed by atoms with E-state index in [-0.39, 0.29) is 19.1 Å². The van der Waals surface area contributed by atoms with E-state index in [0.717, 1.165) is 11.0 Å². The van der Waals surface area contributed by atoms with E-state index in [9.17, 15) is 9.90 Å². The molecule has 1 amide bonds. The van der Waals surface area contributed by atoms with Crippen molar-refractivity contribution in [2.75, 3.05) is 5.32 Å². The molecule has 3 rings (SSSR count). The van der Waals surface area contributed by atoms with Crippen LogP contribution in [-0.4, -0.2) is 20.6 Å². The molecule has 2 N–H and O–H groups in total. The Hall–Kier alpha value is -2.66. The lowest BCUT2D eigenvalue weighted by molar-refractivity contribution is -0.116. The number of para-hydroxylation sites is 3. The number of hydrogen-bond donors (Lipinski definition) is 2. The first kappa shape index (κ1) is 13.3. The molecule has 1 heterocycles. The Morgan fingerprint density at radius 1 is 1.14 bits per heavy atom. The highest BCUT2D eigenvalue weighted by Crippen LogP contribution is 2.16. The van der Waals surface area contributed by atoms with Gasteiger partial charge in [0, 0.05) is 11.3 Å². The summed E-state index contributed by atoms with van der Waals surface area (Å²) in [5.74, 6) is -0.154. The lowest BCUT2D eigenvalue weighted by Gasteiger charge is -2.10. The number of nitrogens with zero attached hydrogens (tertiary/aromatic N) is 2. The number of anilines is 1. The molecule has 2 aromatic carbocycles. The Morgan fingerprint density at radius 2 is 1.90 bits per heavy atom. The summed E-state index contributed by atoms with van der Waals surface area (Å²) in [6.45, 7) is 0.0741. The van der Waals surface area contributed by atoms with Crippen LogP contribution in [0.2, 0.25) is 0 Å². The lowest BCUT2D eigenvalue weighted by Crippen LogP contribution is -2.19. The zero-order chi connectivity index (χ0) is 14.7. The van der Waals surface area contributed by atoms with Crippen molar-refractivity contribution in [3.05, 3.63) is 60.4 Å². The summed E-state index contributed by atoms with van der Waals surface area (Å²) in [6.07, 6.45) is 1.65. The molecule has 0 saturated carbocycles. The van der Waals surface area contributed by atoms with E-state index in [1.54, 1.807) is 23.0 Å².